The molecule has 0 aliphatic carbocycles. The second kappa shape index (κ2) is 14.9. The van der Waals surface area contributed by atoms with Crippen LogP contribution in [0.2, 0.25) is 5.02 Å². The topological polar surface area (TPSA) is 50.4 Å². The Hall–Kier alpha value is -2.02. The molecular weight excluding hydrogens is 398 g/mol. The zero-order valence-electron chi connectivity index (χ0n) is 17.9. The Balaban J connectivity index is 0.000000664. The van der Waals surface area contributed by atoms with E-state index in [1.165, 1.54) is 12.5 Å². The van der Waals surface area contributed by atoms with Gasteiger partial charge in [0.1, 0.15) is 0 Å². The van der Waals surface area contributed by atoms with Gasteiger partial charge >= 0.3 is 0 Å². The Bertz CT molecular complexity index is 758. The number of hydrogen-bond acceptors (Lipinski definition) is 4. The van der Waals surface area contributed by atoms with Crippen molar-refractivity contribution in [2.45, 2.75) is 41.0 Å². The first-order valence-electron chi connectivity index (χ1n) is 9.58. The van der Waals surface area contributed by atoms with Crippen LogP contribution in [0.3, 0.4) is 0 Å². The van der Waals surface area contributed by atoms with Crippen molar-refractivity contribution >= 4 is 29.3 Å². The molecule has 0 saturated heterocycles. The Kier molecular flexibility index (Phi) is 13.9. The number of benzene rings is 2. The lowest BCUT2D eigenvalue weighted by atomic mass is 10.1. The highest BCUT2D eigenvalue weighted by Crippen LogP contribution is 2.30. The molecule has 0 saturated carbocycles. The molecule has 0 aliphatic rings. The minimum absolute atomic E-state index is 0.0236. The summed E-state index contributed by atoms with van der Waals surface area (Å²) in [7, 11) is 1.78. The molecule has 2 N–H and O–H groups in total. The zero-order valence-corrected chi connectivity index (χ0v) is 18.7. The lowest BCUT2D eigenvalue weighted by Crippen LogP contribution is -2.13. The molecule has 29 heavy (non-hydrogen) atoms. The smallest absolute Gasteiger partial charge is 0.182 e. The molecule has 0 amide bonds. The lowest BCUT2D eigenvalue weighted by Gasteiger charge is -2.12. The number of carbonyl (C=O) groups excluding carboxylic acids is 1. The first-order chi connectivity index (χ1) is 13.8. The van der Waals surface area contributed by atoms with Gasteiger partial charge in [0, 0.05) is 12.6 Å². The van der Waals surface area contributed by atoms with E-state index in [0.29, 0.717) is 22.9 Å². The first-order valence-corrected chi connectivity index (χ1v) is 9.96. The fraction of sp³-hybridized carbons (Fsp3) is 0.409. The third kappa shape index (κ3) is 9.35. The van der Waals surface area contributed by atoms with E-state index in [2.05, 4.69) is 24.6 Å². The summed E-state index contributed by atoms with van der Waals surface area (Å²) < 4.78 is 26.9. The van der Waals surface area contributed by atoms with Gasteiger partial charge in [0.05, 0.1) is 23.0 Å². The molecule has 7 heteroatoms. The molecule has 162 valence electrons. The van der Waals surface area contributed by atoms with Crippen molar-refractivity contribution in [1.29, 1.82) is 0 Å². The minimum Gasteiger partial charge on any atom is -0.351 e. The van der Waals surface area contributed by atoms with Gasteiger partial charge in [-0.05, 0) is 42.7 Å². The van der Waals surface area contributed by atoms with Crippen molar-refractivity contribution in [3.05, 3.63) is 58.1 Å². The second-order valence-corrected chi connectivity index (χ2v) is 6.49. The predicted molar refractivity (Wildman–Crippen MR) is 117 cm³/mol. The van der Waals surface area contributed by atoms with Gasteiger partial charge in [0.15, 0.2) is 17.9 Å². The Morgan fingerprint density at radius 3 is 2.38 bits per heavy atom. The van der Waals surface area contributed by atoms with Crippen molar-refractivity contribution in [3.63, 3.8) is 0 Å². The molecule has 2 rings (SSSR count). The van der Waals surface area contributed by atoms with Crippen LogP contribution in [0.15, 0.2) is 30.3 Å². The third-order valence-corrected chi connectivity index (χ3v) is 4.16. The summed E-state index contributed by atoms with van der Waals surface area (Å²) in [6, 6.07) is 7.20. The second-order valence-electron chi connectivity index (χ2n) is 6.08. The van der Waals surface area contributed by atoms with Crippen LogP contribution in [0.4, 0.5) is 20.2 Å². The number of rotatable bonds is 7. The summed E-state index contributed by atoms with van der Waals surface area (Å²) in [5.74, 6) is -1.47. The molecule has 2 aromatic carbocycles. The molecule has 2 aromatic rings. The van der Waals surface area contributed by atoms with Gasteiger partial charge in [-0.2, -0.15) is 0 Å². The Labute approximate surface area is 177 Å². The standard InChI is InChI=1S/C14H10ClF2NO.C6H15NO.C2H6/c1-8-2-5-12(10(15)6-8)18-14-9(7-19)3-4-11(16)13(14)17;1-4-6(2)5-8-7-3;1-2/h2-7,18H,1H3;6-7H,4-5H2,1-3H3;1-2H3. The van der Waals surface area contributed by atoms with Crippen molar-refractivity contribution in [3.8, 4) is 0 Å². The number of nitrogens with one attached hydrogen (secondary N) is 2. The van der Waals surface area contributed by atoms with Crippen LogP contribution >= 0.6 is 11.6 Å². The van der Waals surface area contributed by atoms with E-state index in [-0.39, 0.29) is 11.3 Å². The van der Waals surface area contributed by atoms with E-state index in [1.54, 1.807) is 25.2 Å². The highest BCUT2D eigenvalue weighted by molar-refractivity contribution is 6.33. The van der Waals surface area contributed by atoms with Gasteiger partial charge in [-0.25, -0.2) is 14.3 Å². The molecule has 1 unspecified atom stereocenters. The van der Waals surface area contributed by atoms with Gasteiger partial charge in [0.25, 0.3) is 0 Å². The molecule has 4 nitrogen and oxygen atoms in total. The molecule has 0 heterocycles. The molecule has 0 spiro atoms. The van der Waals surface area contributed by atoms with Crippen LogP contribution in [-0.2, 0) is 4.84 Å². The summed E-state index contributed by atoms with van der Waals surface area (Å²) >= 11 is 6.00. The number of aryl methyl sites for hydroxylation is 1. The number of carbonyl (C=O) groups is 1. The number of anilines is 2. The number of hydroxylamine groups is 1. The number of hydrogen-bond donors (Lipinski definition) is 2. The van der Waals surface area contributed by atoms with E-state index in [4.69, 9.17) is 16.4 Å². The highest BCUT2D eigenvalue weighted by Gasteiger charge is 2.14. The quantitative estimate of drug-likeness (QED) is 0.381. The molecule has 0 aromatic heterocycles. The first kappa shape index (κ1) is 27.0. The zero-order chi connectivity index (χ0) is 22.4. The van der Waals surface area contributed by atoms with Gasteiger partial charge < -0.3 is 10.2 Å². The summed E-state index contributed by atoms with van der Waals surface area (Å²) in [5, 5.41) is 3.01. The van der Waals surface area contributed by atoms with E-state index in [9.17, 15) is 13.6 Å². The third-order valence-electron chi connectivity index (χ3n) is 3.85. The Morgan fingerprint density at radius 2 is 1.86 bits per heavy atom. The van der Waals surface area contributed by atoms with Crippen LogP contribution in [-0.4, -0.2) is 19.9 Å². The van der Waals surface area contributed by atoms with Gasteiger partial charge in [-0.3, -0.25) is 4.79 Å². The summed E-state index contributed by atoms with van der Waals surface area (Å²) in [5.41, 5.74) is 3.77. The van der Waals surface area contributed by atoms with Crippen molar-refractivity contribution in [1.82, 2.24) is 5.48 Å². The summed E-state index contributed by atoms with van der Waals surface area (Å²) in [6.07, 6.45) is 1.63. The van der Waals surface area contributed by atoms with Gasteiger partial charge in [-0.15, -0.1) is 0 Å². The van der Waals surface area contributed by atoms with Crippen LogP contribution < -0.4 is 10.8 Å². The summed E-state index contributed by atoms with van der Waals surface area (Å²) in [4.78, 5) is 15.8. The van der Waals surface area contributed by atoms with E-state index in [1.807, 2.05) is 20.8 Å². The molecular formula is C22H31ClF2N2O2. The van der Waals surface area contributed by atoms with Crippen molar-refractivity contribution in [2.75, 3.05) is 19.0 Å². The summed E-state index contributed by atoms with van der Waals surface area (Å²) in [6.45, 7) is 11.0. The molecule has 0 bridgehead atoms. The molecule has 1 atom stereocenters. The normalized spacial score (nSPS) is 10.8. The van der Waals surface area contributed by atoms with E-state index in [0.717, 1.165) is 18.2 Å². The predicted octanol–water partition coefficient (Wildman–Crippen LogP) is 6.69. The maximum Gasteiger partial charge on any atom is 0.182 e. The molecule has 0 fully saturated rings. The molecule has 0 aliphatic heterocycles. The number of halogens is 3. The number of aldehydes is 1. The van der Waals surface area contributed by atoms with Crippen molar-refractivity contribution < 1.29 is 18.4 Å². The maximum atomic E-state index is 13.7. The van der Waals surface area contributed by atoms with Crippen molar-refractivity contribution in [2.24, 2.45) is 5.92 Å². The van der Waals surface area contributed by atoms with Gasteiger partial charge in [0.2, 0.25) is 0 Å². The average molecular weight is 429 g/mol. The minimum atomic E-state index is -1.11. The van der Waals surface area contributed by atoms with E-state index >= 15 is 0 Å². The van der Waals surface area contributed by atoms with E-state index < -0.39 is 11.6 Å². The Morgan fingerprint density at radius 1 is 1.21 bits per heavy atom. The van der Waals surface area contributed by atoms with Crippen LogP contribution in [0.25, 0.3) is 0 Å². The lowest BCUT2D eigenvalue weighted by molar-refractivity contribution is 0.0348. The van der Waals surface area contributed by atoms with Crippen LogP contribution in [0.5, 0.6) is 0 Å². The van der Waals surface area contributed by atoms with Gasteiger partial charge in [-0.1, -0.05) is 51.8 Å². The SMILES string of the molecule is CC.CCC(C)CONC.Cc1ccc(Nc2c(C=O)ccc(F)c2F)c(Cl)c1. The largest absolute Gasteiger partial charge is 0.351 e. The van der Waals surface area contributed by atoms with Crippen LogP contribution in [0.1, 0.15) is 50.0 Å². The highest BCUT2D eigenvalue weighted by atomic mass is 35.5. The van der Waals surface area contributed by atoms with Crippen LogP contribution in [0, 0.1) is 24.5 Å². The maximum absolute atomic E-state index is 13.7. The fourth-order valence-electron chi connectivity index (χ4n) is 1.99. The monoisotopic (exact) mass is 428 g/mol. The molecule has 0 radical (unpaired) electrons. The average Bonchev–Trinajstić information content (AvgIpc) is 2.73. The fourth-order valence-corrected chi connectivity index (χ4v) is 2.27.